The minimum Gasteiger partial charge on any atom is -0.352 e. The molecule has 0 spiro atoms. The predicted octanol–water partition coefficient (Wildman–Crippen LogP) is 4.82. The molecule has 6 nitrogen and oxygen atoms in total. The van der Waals surface area contributed by atoms with Crippen LogP contribution >= 0.6 is 0 Å². The maximum atomic E-state index is 12.9. The van der Waals surface area contributed by atoms with E-state index in [0.717, 1.165) is 36.2 Å². The van der Waals surface area contributed by atoms with Crippen LogP contribution in [0.5, 0.6) is 0 Å². The Bertz CT molecular complexity index is 1200. The summed E-state index contributed by atoms with van der Waals surface area (Å²) in [6.07, 6.45) is 6.88. The Labute approximate surface area is 201 Å². The molecule has 0 saturated heterocycles. The van der Waals surface area contributed by atoms with Crippen LogP contribution in [0.4, 0.5) is 0 Å². The van der Waals surface area contributed by atoms with Gasteiger partial charge in [-0.1, -0.05) is 49.8 Å². The molecule has 0 radical (unpaired) electrons. The number of allylic oxidation sites excluding steroid dienone is 1. The molecule has 6 heteroatoms. The lowest BCUT2D eigenvalue weighted by Crippen LogP contribution is -2.28. The lowest BCUT2D eigenvalue weighted by molar-refractivity contribution is 0.0908. The van der Waals surface area contributed by atoms with Crippen LogP contribution < -0.4 is 5.32 Å². The number of ketones is 1. The second-order valence-corrected chi connectivity index (χ2v) is 9.85. The standard InChI is InChI=1S/C28H32N4O2/c1-5-6-7-22-26-23(16-28(3,4)17-24(26)33)32(31-22)25-13-12-21(18-30-25)27(34)29-15-14-20-10-8-19(2)9-11-20/h5,8-13,18H,1,6-7,14-17H2,2-4H3,(H,29,34). The Morgan fingerprint density at radius 2 is 1.91 bits per heavy atom. The fraction of sp³-hybridized carbons (Fsp3) is 0.357. The van der Waals surface area contributed by atoms with Gasteiger partial charge in [-0.3, -0.25) is 9.59 Å². The minimum absolute atomic E-state index is 0.130. The molecule has 0 fully saturated rings. The second-order valence-electron chi connectivity index (χ2n) is 9.85. The fourth-order valence-electron chi connectivity index (χ4n) is 4.45. The molecule has 0 saturated carbocycles. The molecule has 4 rings (SSSR count). The highest BCUT2D eigenvalue weighted by Crippen LogP contribution is 2.37. The van der Waals surface area contributed by atoms with E-state index in [1.807, 2.05) is 6.08 Å². The first-order valence-corrected chi connectivity index (χ1v) is 11.8. The highest BCUT2D eigenvalue weighted by Gasteiger charge is 2.36. The molecule has 0 bridgehead atoms. The Hall–Kier alpha value is -3.54. The average Bonchev–Trinajstić information content (AvgIpc) is 3.16. The number of rotatable bonds is 8. The van der Waals surface area contributed by atoms with Crippen LogP contribution in [-0.2, 0) is 19.3 Å². The Balaban J connectivity index is 1.51. The second kappa shape index (κ2) is 9.75. The van der Waals surface area contributed by atoms with Gasteiger partial charge in [-0.05, 0) is 55.7 Å². The van der Waals surface area contributed by atoms with Gasteiger partial charge in [0.25, 0.3) is 5.91 Å². The zero-order valence-corrected chi connectivity index (χ0v) is 20.2. The number of nitrogens with one attached hydrogen (secondary N) is 1. The topological polar surface area (TPSA) is 76.9 Å². The van der Waals surface area contributed by atoms with Gasteiger partial charge in [-0.25, -0.2) is 9.67 Å². The van der Waals surface area contributed by atoms with E-state index in [1.54, 1.807) is 23.0 Å². The summed E-state index contributed by atoms with van der Waals surface area (Å²) in [5.41, 5.74) is 5.22. The van der Waals surface area contributed by atoms with Crippen molar-refractivity contribution in [3.63, 3.8) is 0 Å². The van der Waals surface area contributed by atoms with Crippen LogP contribution in [0.25, 0.3) is 5.82 Å². The first kappa shape index (κ1) is 23.6. The van der Waals surface area contributed by atoms with Crippen molar-refractivity contribution in [1.82, 2.24) is 20.1 Å². The number of pyridine rings is 1. The first-order valence-electron chi connectivity index (χ1n) is 11.8. The molecule has 1 amide bonds. The normalized spacial score (nSPS) is 14.5. The summed E-state index contributed by atoms with van der Waals surface area (Å²) in [5, 5.41) is 7.72. The minimum atomic E-state index is -0.156. The van der Waals surface area contributed by atoms with Crippen molar-refractivity contribution in [2.45, 2.75) is 52.9 Å². The maximum absolute atomic E-state index is 12.9. The van der Waals surface area contributed by atoms with Crippen molar-refractivity contribution in [1.29, 1.82) is 0 Å². The summed E-state index contributed by atoms with van der Waals surface area (Å²) in [5.74, 6) is 0.598. The quantitative estimate of drug-likeness (QED) is 0.493. The number of nitrogens with zero attached hydrogens (tertiary/aromatic N) is 3. The SMILES string of the molecule is C=CCCc1nn(-c2ccc(C(=O)NCCc3ccc(C)cc3)cn2)c2c1C(=O)CC(C)(C)C2. The van der Waals surface area contributed by atoms with Gasteiger partial charge in [0.15, 0.2) is 11.6 Å². The van der Waals surface area contributed by atoms with Crippen molar-refractivity contribution in [2.75, 3.05) is 6.54 Å². The van der Waals surface area contributed by atoms with Gasteiger partial charge in [0.1, 0.15) is 0 Å². The molecule has 2 heterocycles. The van der Waals surface area contributed by atoms with Gasteiger partial charge in [-0.2, -0.15) is 5.10 Å². The van der Waals surface area contributed by atoms with Crippen molar-refractivity contribution in [3.8, 4) is 5.82 Å². The highest BCUT2D eigenvalue weighted by molar-refractivity contribution is 6.00. The number of Topliss-reactive ketones (excluding diaryl/α,β-unsaturated/α-hetero) is 1. The molecule has 2 aromatic heterocycles. The van der Waals surface area contributed by atoms with E-state index in [0.29, 0.717) is 30.8 Å². The molecule has 0 atom stereocenters. The number of aryl methyl sites for hydroxylation is 2. The number of carbonyl (C=O) groups excluding carboxylic acids is 2. The van der Waals surface area contributed by atoms with E-state index < -0.39 is 0 Å². The third-order valence-corrected chi connectivity index (χ3v) is 6.25. The van der Waals surface area contributed by atoms with E-state index in [9.17, 15) is 9.59 Å². The fourth-order valence-corrected chi connectivity index (χ4v) is 4.45. The summed E-state index contributed by atoms with van der Waals surface area (Å²) >= 11 is 0. The molecular weight excluding hydrogens is 424 g/mol. The van der Waals surface area contributed by atoms with E-state index >= 15 is 0 Å². The summed E-state index contributed by atoms with van der Waals surface area (Å²) in [7, 11) is 0. The van der Waals surface area contributed by atoms with Gasteiger partial charge in [-0.15, -0.1) is 6.58 Å². The third-order valence-electron chi connectivity index (χ3n) is 6.25. The van der Waals surface area contributed by atoms with Crippen LogP contribution in [0.1, 0.15) is 69.9 Å². The molecule has 0 unspecified atom stereocenters. The van der Waals surface area contributed by atoms with Gasteiger partial charge in [0.05, 0.1) is 22.5 Å². The van der Waals surface area contributed by atoms with Crippen molar-refractivity contribution in [3.05, 3.63) is 88.9 Å². The third kappa shape index (κ3) is 5.16. The highest BCUT2D eigenvalue weighted by atomic mass is 16.1. The summed E-state index contributed by atoms with van der Waals surface area (Å²) in [6.45, 7) is 10.6. The lowest BCUT2D eigenvalue weighted by atomic mass is 9.75. The van der Waals surface area contributed by atoms with E-state index in [2.05, 4.69) is 61.9 Å². The summed E-state index contributed by atoms with van der Waals surface area (Å²) < 4.78 is 1.78. The van der Waals surface area contributed by atoms with Gasteiger partial charge in [0.2, 0.25) is 0 Å². The predicted molar refractivity (Wildman–Crippen MR) is 134 cm³/mol. The molecule has 1 aliphatic rings. The van der Waals surface area contributed by atoms with Crippen LogP contribution in [0.2, 0.25) is 0 Å². The molecule has 1 aromatic carbocycles. The van der Waals surface area contributed by atoms with Crippen LogP contribution in [0.15, 0.2) is 55.3 Å². The summed E-state index contributed by atoms with van der Waals surface area (Å²) in [4.78, 5) is 30.1. The molecule has 3 aromatic rings. The van der Waals surface area contributed by atoms with Crippen LogP contribution in [0, 0.1) is 12.3 Å². The Morgan fingerprint density at radius 1 is 1.15 bits per heavy atom. The maximum Gasteiger partial charge on any atom is 0.252 e. The number of aromatic nitrogens is 3. The molecule has 34 heavy (non-hydrogen) atoms. The van der Waals surface area contributed by atoms with Crippen molar-refractivity contribution < 1.29 is 9.59 Å². The summed E-state index contributed by atoms with van der Waals surface area (Å²) in [6, 6.07) is 11.9. The number of hydrogen-bond donors (Lipinski definition) is 1. The monoisotopic (exact) mass is 456 g/mol. The largest absolute Gasteiger partial charge is 0.352 e. The zero-order valence-electron chi connectivity index (χ0n) is 20.2. The number of benzene rings is 1. The van der Waals surface area contributed by atoms with Gasteiger partial charge >= 0.3 is 0 Å². The first-order chi connectivity index (χ1) is 16.3. The number of hydrogen-bond acceptors (Lipinski definition) is 4. The van der Waals surface area contributed by atoms with Gasteiger partial charge < -0.3 is 5.32 Å². The molecule has 0 aliphatic heterocycles. The van der Waals surface area contributed by atoms with E-state index in [1.165, 1.54) is 11.1 Å². The Morgan fingerprint density at radius 3 is 2.59 bits per heavy atom. The molecule has 1 aliphatic carbocycles. The smallest absolute Gasteiger partial charge is 0.252 e. The average molecular weight is 457 g/mol. The molecule has 1 N–H and O–H groups in total. The van der Waals surface area contributed by atoms with Crippen LogP contribution in [-0.4, -0.2) is 33.0 Å². The zero-order chi connectivity index (χ0) is 24.3. The van der Waals surface area contributed by atoms with Crippen LogP contribution in [0.3, 0.4) is 0 Å². The van der Waals surface area contributed by atoms with E-state index in [-0.39, 0.29) is 17.1 Å². The molecular formula is C28H32N4O2. The molecule has 176 valence electrons. The van der Waals surface area contributed by atoms with E-state index in [4.69, 9.17) is 5.10 Å². The Kier molecular flexibility index (Phi) is 6.77. The number of fused-ring (bicyclic) bond motifs is 1. The lowest BCUT2D eigenvalue weighted by Gasteiger charge is -2.29. The van der Waals surface area contributed by atoms with Gasteiger partial charge in [0, 0.05) is 19.2 Å². The van der Waals surface area contributed by atoms with Crippen molar-refractivity contribution >= 4 is 11.7 Å². The van der Waals surface area contributed by atoms with Crippen molar-refractivity contribution in [2.24, 2.45) is 5.41 Å². The number of carbonyl (C=O) groups is 2. The number of amides is 1.